The SMILES string of the molecule is O=C1NC[C@H](c2ccc3c(c2)CCC3)[C@H]1C(=O)Nc1ccccc1F. The lowest BCUT2D eigenvalue weighted by Crippen LogP contribution is -2.32. The molecule has 1 fully saturated rings. The Morgan fingerprint density at radius 2 is 1.92 bits per heavy atom. The average Bonchev–Trinajstić information content (AvgIpc) is 3.22. The largest absolute Gasteiger partial charge is 0.355 e. The van der Waals surface area contributed by atoms with Gasteiger partial charge in [0, 0.05) is 12.5 Å². The van der Waals surface area contributed by atoms with E-state index in [4.69, 9.17) is 0 Å². The maximum absolute atomic E-state index is 13.8. The molecule has 1 aliphatic carbocycles. The lowest BCUT2D eigenvalue weighted by Gasteiger charge is -2.18. The standard InChI is InChI=1S/C20H19FN2O2/c21-16-6-1-2-7-17(16)23-20(25)18-15(11-22-19(18)24)14-9-8-12-4-3-5-13(12)10-14/h1-2,6-10,15,18H,3-5,11H2,(H,22,24)(H,23,25)/t15-,18-/m1/s1. The van der Waals surface area contributed by atoms with Crippen LogP contribution in [0.4, 0.5) is 10.1 Å². The van der Waals surface area contributed by atoms with Gasteiger partial charge < -0.3 is 10.6 Å². The predicted molar refractivity (Wildman–Crippen MR) is 92.7 cm³/mol. The maximum Gasteiger partial charge on any atom is 0.237 e. The van der Waals surface area contributed by atoms with Gasteiger partial charge in [0.15, 0.2) is 0 Å². The fraction of sp³-hybridized carbons (Fsp3) is 0.300. The van der Waals surface area contributed by atoms with Gasteiger partial charge in [0.1, 0.15) is 11.7 Å². The third-order valence-corrected chi connectivity index (χ3v) is 5.15. The minimum atomic E-state index is -0.848. The first kappa shape index (κ1) is 15.8. The monoisotopic (exact) mass is 338 g/mol. The number of benzene rings is 2. The van der Waals surface area contributed by atoms with Crippen molar-refractivity contribution >= 4 is 17.5 Å². The quantitative estimate of drug-likeness (QED) is 0.846. The number of amides is 2. The van der Waals surface area contributed by atoms with E-state index in [9.17, 15) is 14.0 Å². The highest BCUT2D eigenvalue weighted by molar-refractivity contribution is 6.08. The lowest BCUT2D eigenvalue weighted by atomic mass is 9.86. The van der Waals surface area contributed by atoms with Crippen LogP contribution in [-0.4, -0.2) is 18.4 Å². The van der Waals surface area contributed by atoms with Gasteiger partial charge in [-0.1, -0.05) is 30.3 Å². The highest BCUT2D eigenvalue weighted by Gasteiger charge is 2.41. The Morgan fingerprint density at radius 3 is 2.76 bits per heavy atom. The molecule has 0 bridgehead atoms. The maximum atomic E-state index is 13.8. The fourth-order valence-corrected chi connectivity index (χ4v) is 3.83. The van der Waals surface area contributed by atoms with Crippen LogP contribution >= 0.6 is 0 Å². The van der Waals surface area contributed by atoms with E-state index in [1.54, 1.807) is 12.1 Å². The van der Waals surface area contributed by atoms with Crippen LogP contribution in [0.1, 0.15) is 29.0 Å². The molecule has 2 amide bonds. The molecule has 128 valence electrons. The van der Waals surface area contributed by atoms with Crippen molar-refractivity contribution in [2.45, 2.75) is 25.2 Å². The van der Waals surface area contributed by atoms with E-state index in [1.165, 1.54) is 23.3 Å². The van der Waals surface area contributed by atoms with Crippen LogP contribution in [0, 0.1) is 11.7 Å². The van der Waals surface area contributed by atoms with E-state index in [2.05, 4.69) is 22.8 Å². The van der Waals surface area contributed by atoms with E-state index >= 15 is 0 Å². The molecule has 0 unspecified atom stereocenters. The molecule has 0 aromatic heterocycles. The summed E-state index contributed by atoms with van der Waals surface area (Å²) in [4.78, 5) is 24.9. The van der Waals surface area contributed by atoms with Crippen LogP contribution in [0.3, 0.4) is 0 Å². The van der Waals surface area contributed by atoms with Crippen molar-refractivity contribution < 1.29 is 14.0 Å². The summed E-state index contributed by atoms with van der Waals surface area (Å²) < 4.78 is 13.8. The highest BCUT2D eigenvalue weighted by atomic mass is 19.1. The summed E-state index contributed by atoms with van der Waals surface area (Å²) >= 11 is 0. The van der Waals surface area contributed by atoms with Gasteiger partial charge in [-0.25, -0.2) is 4.39 Å². The van der Waals surface area contributed by atoms with Crippen molar-refractivity contribution in [2.24, 2.45) is 5.92 Å². The number of para-hydroxylation sites is 1. The highest BCUT2D eigenvalue weighted by Crippen LogP contribution is 2.33. The van der Waals surface area contributed by atoms with E-state index in [0.29, 0.717) is 6.54 Å². The second kappa shape index (κ2) is 6.31. The van der Waals surface area contributed by atoms with E-state index in [0.717, 1.165) is 24.8 Å². The van der Waals surface area contributed by atoms with Crippen molar-refractivity contribution in [1.82, 2.24) is 5.32 Å². The van der Waals surface area contributed by atoms with Crippen molar-refractivity contribution in [3.8, 4) is 0 Å². The zero-order valence-electron chi connectivity index (χ0n) is 13.7. The third kappa shape index (κ3) is 2.90. The fourth-order valence-electron chi connectivity index (χ4n) is 3.83. The second-order valence-corrected chi connectivity index (χ2v) is 6.68. The Bertz CT molecular complexity index is 849. The van der Waals surface area contributed by atoms with Gasteiger partial charge >= 0.3 is 0 Å². The Morgan fingerprint density at radius 1 is 1.12 bits per heavy atom. The molecule has 1 aliphatic heterocycles. The number of fused-ring (bicyclic) bond motifs is 1. The van der Waals surface area contributed by atoms with Crippen LogP contribution in [0.25, 0.3) is 0 Å². The lowest BCUT2D eigenvalue weighted by molar-refractivity contribution is -0.130. The number of aryl methyl sites for hydroxylation is 2. The number of halogens is 1. The molecule has 1 saturated heterocycles. The van der Waals surface area contributed by atoms with E-state index < -0.39 is 17.6 Å². The molecular weight excluding hydrogens is 319 g/mol. The van der Waals surface area contributed by atoms with Gasteiger partial charge in [-0.3, -0.25) is 9.59 Å². The molecule has 2 N–H and O–H groups in total. The zero-order valence-corrected chi connectivity index (χ0v) is 13.7. The Kier molecular flexibility index (Phi) is 3.99. The molecule has 4 rings (SSSR count). The second-order valence-electron chi connectivity index (χ2n) is 6.68. The van der Waals surface area contributed by atoms with Crippen molar-refractivity contribution in [3.05, 3.63) is 65.0 Å². The van der Waals surface area contributed by atoms with Crippen LogP contribution in [0.2, 0.25) is 0 Å². The molecule has 2 aromatic carbocycles. The molecule has 2 aromatic rings. The minimum Gasteiger partial charge on any atom is -0.355 e. The topological polar surface area (TPSA) is 58.2 Å². The third-order valence-electron chi connectivity index (χ3n) is 5.15. The summed E-state index contributed by atoms with van der Waals surface area (Å²) in [5.74, 6) is -2.36. The van der Waals surface area contributed by atoms with E-state index in [-0.39, 0.29) is 17.5 Å². The first-order chi connectivity index (χ1) is 12.1. The van der Waals surface area contributed by atoms with Gasteiger partial charge in [-0.2, -0.15) is 0 Å². The number of carbonyl (C=O) groups excluding carboxylic acids is 2. The molecule has 5 heteroatoms. The number of nitrogens with one attached hydrogen (secondary N) is 2. The molecule has 25 heavy (non-hydrogen) atoms. The zero-order chi connectivity index (χ0) is 17.4. The first-order valence-corrected chi connectivity index (χ1v) is 8.58. The van der Waals surface area contributed by atoms with Crippen molar-refractivity contribution in [2.75, 3.05) is 11.9 Å². The van der Waals surface area contributed by atoms with Gasteiger partial charge in [-0.15, -0.1) is 0 Å². The average molecular weight is 338 g/mol. The summed E-state index contributed by atoms with van der Waals surface area (Å²) in [6.45, 7) is 0.424. The summed E-state index contributed by atoms with van der Waals surface area (Å²) in [7, 11) is 0. The van der Waals surface area contributed by atoms with Gasteiger partial charge in [0.2, 0.25) is 11.8 Å². The molecule has 0 radical (unpaired) electrons. The van der Waals surface area contributed by atoms with Crippen LogP contribution in [0.5, 0.6) is 0 Å². The van der Waals surface area contributed by atoms with E-state index in [1.807, 2.05) is 6.07 Å². The summed E-state index contributed by atoms with van der Waals surface area (Å²) in [6, 6.07) is 12.2. The molecule has 1 heterocycles. The van der Waals surface area contributed by atoms with Gasteiger partial charge in [0.25, 0.3) is 0 Å². The van der Waals surface area contributed by atoms with Crippen molar-refractivity contribution in [1.29, 1.82) is 0 Å². The Hall–Kier alpha value is -2.69. The number of hydrogen-bond donors (Lipinski definition) is 2. The number of carbonyl (C=O) groups is 2. The molecule has 0 saturated carbocycles. The molecular formula is C20H19FN2O2. The molecule has 0 spiro atoms. The van der Waals surface area contributed by atoms with Crippen molar-refractivity contribution in [3.63, 3.8) is 0 Å². The van der Waals surface area contributed by atoms with Crippen LogP contribution in [-0.2, 0) is 22.4 Å². The number of rotatable bonds is 3. The predicted octanol–water partition coefficient (Wildman–Crippen LogP) is 2.78. The molecule has 2 aliphatic rings. The van der Waals surface area contributed by atoms with Gasteiger partial charge in [-0.05, 0) is 48.1 Å². The van der Waals surface area contributed by atoms with Gasteiger partial charge in [0.05, 0.1) is 5.69 Å². The Labute approximate surface area is 145 Å². The molecule has 4 nitrogen and oxygen atoms in total. The minimum absolute atomic E-state index is 0.0971. The number of anilines is 1. The van der Waals surface area contributed by atoms with Crippen LogP contribution < -0.4 is 10.6 Å². The summed E-state index contributed by atoms with van der Waals surface area (Å²) in [5.41, 5.74) is 3.76. The summed E-state index contributed by atoms with van der Waals surface area (Å²) in [6.07, 6.45) is 3.29. The Balaban J connectivity index is 1.59. The number of hydrogen-bond acceptors (Lipinski definition) is 2. The summed E-state index contributed by atoms with van der Waals surface area (Å²) in [5, 5.41) is 5.33. The smallest absolute Gasteiger partial charge is 0.237 e. The van der Waals surface area contributed by atoms with Crippen LogP contribution in [0.15, 0.2) is 42.5 Å². The normalized spacial score (nSPS) is 21.7. The first-order valence-electron chi connectivity index (χ1n) is 8.58. The molecule has 2 atom stereocenters.